The van der Waals surface area contributed by atoms with Gasteiger partial charge in [0.05, 0.1) is 34.2 Å². The molecular formula is C23H22Cl2N4O3S. The Morgan fingerprint density at radius 1 is 1.15 bits per heavy atom. The molecule has 0 saturated carbocycles. The summed E-state index contributed by atoms with van der Waals surface area (Å²) < 4.78 is 7.56. The maximum absolute atomic E-state index is 13.5. The highest BCUT2D eigenvalue weighted by Crippen LogP contribution is 2.36. The highest BCUT2D eigenvalue weighted by molar-refractivity contribution is 7.23. The molecule has 33 heavy (non-hydrogen) atoms. The van der Waals surface area contributed by atoms with Crippen LogP contribution in [-0.2, 0) is 11.3 Å². The molecule has 7 nitrogen and oxygen atoms in total. The van der Waals surface area contributed by atoms with Gasteiger partial charge in [-0.2, -0.15) is 0 Å². The lowest BCUT2D eigenvalue weighted by atomic mass is 10.1. The number of nitrogens with zero attached hydrogens (tertiary/aromatic N) is 4. The maximum Gasteiger partial charge on any atom is 0.337 e. The third-order valence-electron chi connectivity index (χ3n) is 5.07. The lowest BCUT2D eigenvalue weighted by molar-refractivity contribution is 0.0600. The second-order valence-corrected chi connectivity index (χ2v) is 8.60. The number of halogens is 2. The largest absolute Gasteiger partial charge is 0.465 e. The summed E-state index contributed by atoms with van der Waals surface area (Å²) in [5, 5.41) is 1.20. The van der Waals surface area contributed by atoms with E-state index in [-0.39, 0.29) is 18.3 Å². The van der Waals surface area contributed by atoms with E-state index in [9.17, 15) is 9.59 Å². The fraction of sp³-hybridized carbons (Fsp3) is 0.217. The molecule has 4 rings (SSSR count). The number of hydrogen-bond donors (Lipinski definition) is 0. The fourth-order valence-corrected chi connectivity index (χ4v) is 4.68. The van der Waals surface area contributed by atoms with Crippen LogP contribution in [0.1, 0.15) is 32.7 Å². The normalized spacial score (nSPS) is 10.6. The summed E-state index contributed by atoms with van der Waals surface area (Å²) in [6, 6.07) is 10.2. The predicted molar refractivity (Wildman–Crippen MR) is 133 cm³/mol. The molecule has 0 bridgehead atoms. The first-order valence-corrected chi connectivity index (χ1v) is 11.2. The zero-order chi connectivity index (χ0) is 22.7. The number of rotatable bonds is 7. The first kappa shape index (κ1) is 24.7. The Labute approximate surface area is 206 Å². The minimum atomic E-state index is -0.447. The molecule has 0 spiro atoms. The zero-order valence-electron chi connectivity index (χ0n) is 18.0. The molecule has 1 amide bonds. The van der Waals surface area contributed by atoms with Crippen molar-refractivity contribution < 1.29 is 14.3 Å². The van der Waals surface area contributed by atoms with Crippen LogP contribution in [0.3, 0.4) is 0 Å². The Kier molecular flexibility index (Phi) is 8.07. The van der Waals surface area contributed by atoms with Crippen LogP contribution in [-0.4, -0.2) is 40.1 Å². The molecule has 2 heterocycles. The van der Waals surface area contributed by atoms with Crippen LogP contribution in [0.25, 0.3) is 10.2 Å². The maximum atomic E-state index is 13.5. The van der Waals surface area contributed by atoms with E-state index in [2.05, 4.69) is 4.98 Å². The Bertz CT molecular complexity index is 1220. The SMILES string of the molecule is COC(=O)c1ccc(C(=O)N(CCCn2ccnc2)c2nc3c(C)ccc(Cl)c3s2)cc1.Cl. The van der Waals surface area contributed by atoms with Crippen LogP contribution < -0.4 is 4.90 Å². The van der Waals surface area contributed by atoms with Crippen LogP contribution in [0.2, 0.25) is 5.02 Å². The number of aryl methyl sites for hydroxylation is 2. The third-order valence-corrected chi connectivity index (χ3v) is 6.61. The minimum absolute atomic E-state index is 0. The summed E-state index contributed by atoms with van der Waals surface area (Å²) in [5.74, 6) is -0.641. The smallest absolute Gasteiger partial charge is 0.337 e. The monoisotopic (exact) mass is 504 g/mol. The van der Waals surface area contributed by atoms with Crippen LogP contribution in [0, 0.1) is 6.92 Å². The number of amides is 1. The number of imidazole rings is 1. The van der Waals surface area contributed by atoms with Gasteiger partial charge in [0.15, 0.2) is 5.13 Å². The summed E-state index contributed by atoms with van der Waals surface area (Å²) in [6.45, 7) is 3.15. The van der Waals surface area contributed by atoms with E-state index < -0.39 is 5.97 Å². The molecule has 10 heteroatoms. The number of benzene rings is 2. The van der Waals surface area contributed by atoms with Crippen LogP contribution in [0.5, 0.6) is 0 Å². The standard InChI is InChI=1S/C23H21ClN4O3S.ClH/c1-15-4-9-18(24)20-19(15)26-23(32-20)28(12-3-11-27-13-10-25-14-27)21(29)16-5-7-17(8-6-16)22(30)31-2;/h4-10,13-14H,3,11-12H2,1-2H3;1H. The molecular weight excluding hydrogens is 483 g/mol. The first-order valence-electron chi connectivity index (χ1n) is 9.99. The topological polar surface area (TPSA) is 77.3 Å². The molecule has 0 aliphatic heterocycles. The van der Waals surface area contributed by atoms with Gasteiger partial charge in [0.2, 0.25) is 0 Å². The molecule has 0 N–H and O–H groups in total. The summed E-state index contributed by atoms with van der Waals surface area (Å²) in [5.41, 5.74) is 2.64. The highest BCUT2D eigenvalue weighted by atomic mass is 35.5. The average molecular weight is 505 g/mol. The molecule has 0 unspecified atom stereocenters. The molecule has 2 aromatic carbocycles. The number of carbonyl (C=O) groups is 2. The second kappa shape index (κ2) is 10.8. The van der Waals surface area contributed by atoms with Crippen molar-refractivity contribution in [3.8, 4) is 0 Å². The summed E-state index contributed by atoms with van der Waals surface area (Å²) in [4.78, 5) is 35.7. The number of esters is 1. The molecule has 0 atom stereocenters. The van der Waals surface area contributed by atoms with E-state index in [1.165, 1.54) is 18.4 Å². The van der Waals surface area contributed by atoms with Crippen molar-refractivity contribution in [2.24, 2.45) is 0 Å². The van der Waals surface area contributed by atoms with Gasteiger partial charge in [0.1, 0.15) is 0 Å². The highest BCUT2D eigenvalue weighted by Gasteiger charge is 2.22. The van der Waals surface area contributed by atoms with Crippen molar-refractivity contribution >= 4 is 62.6 Å². The van der Waals surface area contributed by atoms with Crippen LogP contribution >= 0.6 is 35.3 Å². The van der Waals surface area contributed by atoms with Gasteiger partial charge >= 0.3 is 5.97 Å². The van der Waals surface area contributed by atoms with Gasteiger partial charge in [-0.05, 0) is 49.2 Å². The fourth-order valence-electron chi connectivity index (χ4n) is 3.34. The van der Waals surface area contributed by atoms with Gasteiger partial charge in [-0.25, -0.2) is 14.8 Å². The second-order valence-electron chi connectivity index (χ2n) is 7.22. The number of methoxy groups -OCH3 is 1. The van der Waals surface area contributed by atoms with Crippen LogP contribution in [0.15, 0.2) is 55.1 Å². The third kappa shape index (κ3) is 5.35. The lowest BCUT2D eigenvalue weighted by Crippen LogP contribution is -2.32. The van der Waals surface area contributed by atoms with Gasteiger partial charge in [-0.15, -0.1) is 12.4 Å². The quantitative estimate of drug-likeness (QED) is 0.315. The zero-order valence-corrected chi connectivity index (χ0v) is 20.4. The average Bonchev–Trinajstić information content (AvgIpc) is 3.49. The molecule has 4 aromatic rings. The number of carbonyl (C=O) groups excluding carboxylic acids is 2. The molecule has 0 saturated heterocycles. The van der Waals surface area contributed by atoms with Crippen molar-refractivity contribution in [3.63, 3.8) is 0 Å². The van der Waals surface area contributed by atoms with E-state index >= 15 is 0 Å². The van der Waals surface area contributed by atoms with Crippen molar-refractivity contribution in [2.75, 3.05) is 18.6 Å². The summed E-state index contributed by atoms with van der Waals surface area (Å²) in [7, 11) is 1.32. The van der Waals surface area contributed by atoms with Gasteiger partial charge in [-0.3, -0.25) is 9.69 Å². The van der Waals surface area contributed by atoms with Crippen molar-refractivity contribution in [1.82, 2.24) is 14.5 Å². The Hall–Kier alpha value is -2.94. The lowest BCUT2D eigenvalue weighted by Gasteiger charge is -2.20. The predicted octanol–water partition coefficient (Wildman–Crippen LogP) is 5.40. The number of thiazole rings is 1. The number of ether oxygens (including phenoxy) is 1. The number of fused-ring (bicyclic) bond motifs is 1. The van der Waals surface area contributed by atoms with Gasteiger partial charge in [0.25, 0.3) is 5.91 Å². The minimum Gasteiger partial charge on any atom is -0.465 e. The van der Waals surface area contributed by atoms with Gasteiger partial charge in [-0.1, -0.05) is 29.0 Å². The molecule has 172 valence electrons. The molecule has 0 aliphatic carbocycles. The number of hydrogen-bond acceptors (Lipinski definition) is 6. The van der Waals surface area contributed by atoms with Crippen LogP contribution in [0.4, 0.5) is 5.13 Å². The number of anilines is 1. The van der Waals surface area contributed by atoms with E-state index in [4.69, 9.17) is 21.3 Å². The molecule has 2 aromatic heterocycles. The van der Waals surface area contributed by atoms with Crippen molar-refractivity contribution in [1.29, 1.82) is 0 Å². The van der Waals surface area contributed by atoms with Crippen molar-refractivity contribution in [2.45, 2.75) is 19.9 Å². The van der Waals surface area contributed by atoms with E-state index in [1.807, 2.05) is 29.8 Å². The molecule has 0 radical (unpaired) electrons. The van der Waals surface area contributed by atoms with Gasteiger partial charge in [0, 0.05) is 31.0 Å². The molecule has 0 aliphatic rings. The Morgan fingerprint density at radius 2 is 1.88 bits per heavy atom. The Balaban J connectivity index is 0.00000306. The van der Waals surface area contributed by atoms with E-state index in [0.717, 1.165) is 22.3 Å². The van der Waals surface area contributed by atoms with Gasteiger partial charge < -0.3 is 9.30 Å². The van der Waals surface area contributed by atoms with E-state index in [1.54, 1.807) is 41.7 Å². The summed E-state index contributed by atoms with van der Waals surface area (Å²) >= 11 is 7.79. The first-order chi connectivity index (χ1) is 15.5. The Morgan fingerprint density at radius 3 is 2.52 bits per heavy atom. The summed E-state index contributed by atoms with van der Waals surface area (Å²) in [6.07, 6.45) is 6.08. The van der Waals surface area contributed by atoms with E-state index in [0.29, 0.717) is 34.2 Å². The number of aromatic nitrogens is 3. The van der Waals surface area contributed by atoms with Crippen molar-refractivity contribution in [3.05, 3.63) is 76.8 Å². The molecule has 0 fully saturated rings.